The highest BCUT2D eigenvalue weighted by Gasteiger charge is 2.39. The monoisotopic (exact) mass is 245 g/mol. The van der Waals surface area contributed by atoms with Crippen LogP contribution < -0.4 is 0 Å². The maximum Gasteiger partial charge on any atom is 0.129 e. The number of fused-ring (bicyclic) bond motifs is 1. The molecular weight excluding hydrogens is 237 g/mol. The molecule has 15 heavy (non-hydrogen) atoms. The average Bonchev–Trinajstić information content (AvgIpc) is 2.40. The lowest BCUT2D eigenvalue weighted by Crippen LogP contribution is -2.27. The molecule has 0 saturated carbocycles. The van der Waals surface area contributed by atoms with Crippen molar-refractivity contribution in [3.63, 3.8) is 0 Å². The Hall–Kier alpha value is -0.770. The van der Waals surface area contributed by atoms with E-state index in [1.807, 2.05) is 0 Å². The Morgan fingerprint density at radius 2 is 1.93 bits per heavy atom. The van der Waals surface area contributed by atoms with Crippen molar-refractivity contribution < 1.29 is 10.3 Å². The molecule has 80 valence electrons. The summed E-state index contributed by atoms with van der Waals surface area (Å²) in [5, 5.41) is 22.8. The Labute approximate surface area is 96.9 Å². The first-order valence-corrected chi connectivity index (χ1v) is 5.14. The molecule has 0 spiro atoms. The highest BCUT2D eigenvalue weighted by Crippen LogP contribution is 2.38. The predicted octanol–water partition coefficient (Wildman–Crippen LogP) is 2.59. The van der Waals surface area contributed by atoms with Gasteiger partial charge in [0.25, 0.3) is 0 Å². The minimum atomic E-state index is -1.27. The highest BCUT2D eigenvalue weighted by molar-refractivity contribution is 6.42. The maximum absolute atomic E-state index is 10.1. The van der Waals surface area contributed by atoms with Gasteiger partial charge in [-0.2, -0.15) is 0 Å². The molecule has 1 aromatic rings. The third kappa shape index (κ3) is 1.51. The molecule has 3 nitrogen and oxygen atoms in total. The van der Waals surface area contributed by atoms with Crippen molar-refractivity contribution in [2.75, 3.05) is 0 Å². The number of benzene rings is 1. The molecule has 0 saturated heterocycles. The molecule has 2 N–H and O–H groups in total. The summed E-state index contributed by atoms with van der Waals surface area (Å²) in [6.07, 6.45) is 0.385. The molecule has 0 aliphatic heterocycles. The lowest BCUT2D eigenvalue weighted by molar-refractivity contribution is 0.131. The van der Waals surface area contributed by atoms with Gasteiger partial charge in [0.2, 0.25) is 0 Å². The summed E-state index contributed by atoms with van der Waals surface area (Å²) >= 11 is 11.7. The normalized spacial score (nSPS) is 27.1. The lowest BCUT2D eigenvalue weighted by atomic mass is 9.97. The standard InChI is InChI=1S/C10H9Cl2NO2/c1-10(14)6-4-8(12)7(11)2-5(6)3-9(10)13-15/h2,4,14-15H,3H2,1H3. The average molecular weight is 246 g/mol. The van der Waals surface area contributed by atoms with Gasteiger partial charge < -0.3 is 10.3 Å². The van der Waals surface area contributed by atoms with Crippen molar-refractivity contribution in [1.82, 2.24) is 0 Å². The predicted molar refractivity (Wildman–Crippen MR) is 59.0 cm³/mol. The van der Waals surface area contributed by atoms with Crippen LogP contribution in [0.3, 0.4) is 0 Å². The fourth-order valence-electron chi connectivity index (χ4n) is 1.83. The van der Waals surface area contributed by atoms with E-state index in [1.165, 1.54) is 0 Å². The highest BCUT2D eigenvalue weighted by atomic mass is 35.5. The zero-order chi connectivity index (χ0) is 11.2. The van der Waals surface area contributed by atoms with Crippen molar-refractivity contribution >= 4 is 28.9 Å². The molecule has 0 aromatic heterocycles. The summed E-state index contributed by atoms with van der Waals surface area (Å²) in [7, 11) is 0. The number of aliphatic hydroxyl groups is 1. The Balaban J connectivity index is 2.65. The van der Waals surface area contributed by atoms with Crippen molar-refractivity contribution in [2.45, 2.75) is 18.9 Å². The molecular formula is C10H9Cl2NO2. The topological polar surface area (TPSA) is 52.8 Å². The van der Waals surface area contributed by atoms with E-state index in [-0.39, 0.29) is 0 Å². The van der Waals surface area contributed by atoms with Crippen LogP contribution in [-0.2, 0) is 12.0 Å². The minimum Gasteiger partial charge on any atom is -0.411 e. The summed E-state index contributed by atoms with van der Waals surface area (Å²) < 4.78 is 0. The van der Waals surface area contributed by atoms with E-state index in [1.54, 1.807) is 19.1 Å². The molecule has 5 heteroatoms. The van der Waals surface area contributed by atoms with Crippen LogP contribution in [-0.4, -0.2) is 16.0 Å². The number of hydrogen-bond acceptors (Lipinski definition) is 3. The van der Waals surface area contributed by atoms with Gasteiger partial charge in [0.15, 0.2) is 0 Å². The van der Waals surface area contributed by atoms with Crippen LogP contribution in [0.25, 0.3) is 0 Å². The van der Waals surface area contributed by atoms with Gasteiger partial charge in [0.05, 0.1) is 15.8 Å². The SMILES string of the molecule is CC1(O)C(=NO)Cc2cc(Cl)c(Cl)cc21. The molecule has 0 amide bonds. The van der Waals surface area contributed by atoms with Crippen LogP contribution in [0.15, 0.2) is 17.3 Å². The lowest BCUT2D eigenvalue weighted by Gasteiger charge is -2.18. The van der Waals surface area contributed by atoms with Crippen LogP contribution in [0.5, 0.6) is 0 Å². The molecule has 0 fully saturated rings. The largest absolute Gasteiger partial charge is 0.411 e. The summed E-state index contributed by atoms with van der Waals surface area (Å²) in [5.41, 5.74) is 0.515. The fraction of sp³-hybridized carbons (Fsp3) is 0.300. The summed E-state index contributed by atoms with van der Waals surface area (Å²) in [6.45, 7) is 1.57. The van der Waals surface area contributed by atoms with Gasteiger partial charge in [-0.1, -0.05) is 28.4 Å². The van der Waals surface area contributed by atoms with E-state index in [9.17, 15) is 5.11 Å². The maximum atomic E-state index is 10.1. The first kappa shape index (κ1) is 10.7. The van der Waals surface area contributed by atoms with Crippen molar-refractivity contribution in [2.24, 2.45) is 5.16 Å². The smallest absolute Gasteiger partial charge is 0.129 e. The van der Waals surface area contributed by atoms with Gasteiger partial charge in [-0.05, 0) is 30.2 Å². The number of rotatable bonds is 0. The molecule has 0 radical (unpaired) electrons. The number of oxime groups is 1. The molecule has 1 aliphatic rings. The van der Waals surface area contributed by atoms with E-state index < -0.39 is 5.60 Å². The number of hydrogen-bond donors (Lipinski definition) is 2. The molecule has 1 aliphatic carbocycles. The van der Waals surface area contributed by atoms with E-state index in [0.29, 0.717) is 27.7 Å². The van der Waals surface area contributed by atoms with E-state index >= 15 is 0 Å². The van der Waals surface area contributed by atoms with Crippen LogP contribution in [0.2, 0.25) is 10.0 Å². The molecule has 1 unspecified atom stereocenters. The minimum absolute atomic E-state index is 0.302. The van der Waals surface area contributed by atoms with Crippen LogP contribution in [0.1, 0.15) is 18.1 Å². The zero-order valence-corrected chi connectivity index (χ0v) is 9.47. The molecule has 2 rings (SSSR count). The second kappa shape index (κ2) is 3.37. The Kier molecular flexibility index (Phi) is 2.41. The van der Waals surface area contributed by atoms with Gasteiger partial charge in [-0.15, -0.1) is 0 Å². The summed E-state index contributed by atoms with van der Waals surface area (Å²) in [4.78, 5) is 0. The van der Waals surface area contributed by atoms with E-state index in [0.717, 1.165) is 5.56 Å². The van der Waals surface area contributed by atoms with Gasteiger partial charge in [-0.3, -0.25) is 0 Å². The van der Waals surface area contributed by atoms with Crippen molar-refractivity contribution in [3.8, 4) is 0 Å². The van der Waals surface area contributed by atoms with Gasteiger partial charge in [-0.25, -0.2) is 0 Å². The van der Waals surface area contributed by atoms with Gasteiger partial charge in [0.1, 0.15) is 5.60 Å². The van der Waals surface area contributed by atoms with Crippen LogP contribution in [0.4, 0.5) is 0 Å². The molecule has 0 heterocycles. The second-order valence-corrected chi connectivity index (χ2v) is 4.53. The van der Waals surface area contributed by atoms with Crippen molar-refractivity contribution in [1.29, 1.82) is 0 Å². The van der Waals surface area contributed by atoms with Crippen LogP contribution in [0, 0.1) is 0 Å². The van der Waals surface area contributed by atoms with Gasteiger partial charge in [0, 0.05) is 6.42 Å². The van der Waals surface area contributed by atoms with E-state index in [2.05, 4.69) is 5.16 Å². The molecule has 1 atom stereocenters. The quantitative estimate of drug-likeness (QED) is 0.546. The Bertz CT molecular complexity index is 455. The van der Waals surface area contributed by atoms with Crippen LogP contribution >= 0.6 is 23.2 Å². The zero-order valence-electron chi connectivity index (χ0n) is 7.96. The summed E-state index contributed by atoms with van der Waals surface area (Å²) in [6, 6.07) is 3.29. The molecule has 1 aromatic carbocycles. The summed E-state index contributed by atoms with van der Waals surface area (Å²) in [5.74, 6) is 0. The third-order valence-corrected chi connectivity index (χ3v) is 3.43. The molecule has 0 bridgehead atoms. The Morgan fingerprint density at radius 3 is 2.53 bits per heavy atom. The first-order chi connectivity index (χ1) is 6.96. The second-order valence-electron chi connectivity index (χ2n) is 3.72. The van der Waals surface area contributed by atoms with Crippen molar-refractivity contribution in [3.05, 3.63) is 33.3 Å². The fourth-order valence-corrected chi connectivity index (χ4v) is 2.18. The third-order valence-electron chi connectivity index (χ3n) is 2.71. The Morgan fingerprint density at radius 1 is 1.33 bits per heavy atom. The number of halogens is 2. The van der Waals surface area contributed by atoms with Gasteiger partial charge >= 0.3 is 0 Å². The van der Waals surface area contributed by atoms with E-state index in [4.69, 9.17) is 28.4 Å². The first-order valence-electron chi connectivity index (χ1n) is 4.39. The number of nitrogens with zero attached hydrogens (tertiary/aromatic N) is 1.